The third kappa shape index (κ3) is 2.41. The maximum Gasteiger partial charge on any atom is 0.195 e. The average Bonchev–Trinajstić information content (AvgIpc) is 2.99. The minimum Gasteiger partial charge on any atom is -0.490 e. The molecule has 0 spiro atoms. The van der Waals surface area contributed by atoms with Crippen LogP contribution in [0.15, 0.2) is 30.3 Å². The molecule has 0 radical (unpaired) electrons. The number of hydrogen-bond donors (Lipinski definition) is 1. The summed E-state index contributed by atoms with van der Waals surface area (Å²) in [5, 5.41) is 15.0. The Morgan fingerprint density at radius 3 is 2.91 bits per heavy atom. The van der Waals surface area contributed by atoms with E-state index in [9.17, 15) is 0 Å². The predicted octanol–water partition coefficient (Wildman–Crippen LogP) is 3.45. The average molecular weight is 309 g/mol. The first kappa shape index (κ1) is 13.5. The predicted molar refractivity (Wildman–Crippen MR) is 88.4 cm³/mol. The minimum atomic E-state index is 0.298. The quantitative estimate of drug-likeness (QED) is 0.787. The molecule has 0 amide bonds. The van der Waals surface area contributed by atoms with Crippen molar-refractivity contribution in [3.05, 3.63) is 35.3 Å². The molecule has 0 aliphatic carbocycles. The third-order valence-electron chi connectivity index (χ3n) is 4.03. The summed E-state index contributed by atoms with van der Waals surface area (Å²) in [5.74, 6) is 0.912. The molecule has 0 bridgehead atoms. The molecular formula is C17H15N3OS. The minimum absolute atomic E-state index is 0.298. The molecule has 3 aromatic rings. The Bertz CT molecular complexity index is 875. The van der Waals surface area contributed by atoms with Gasteiger partial charge in [0.15, 0.2) is 5.01 Å². The van der Waals surface area contributed by atoms with Gasteiger partial charge < -0.3 is 10.1 Å². The highest BCUT2D eigenvalue weighted by atomic mass is 32.1. The lowest BCUT2D eigenvalue weighted by atomic mass is 10.1. The van der Waals surface area contributed by atoms with Gasteiger partial charge in [0.05, 0.1) is 10.2 Å². The van der Waals surface area contributed by atoms with Gasteiger partial charge in [-0.15, -0.1) is 11.3 Å². The molecule has 1 aliphatic rings. The van der Waals surface area contributed by atoms with Crippen LogP contribution >= 0.6 is 11.3 Å². The van der Waals surface area contributed by atoms with Crippen LogP contribution < -0.4 is 10.1 Å². The van der Waals surface area contributed by atoms with Crippen molar-refractivity contribution in [3.8, 4) is 11.8 Å². The van der Waals surface area contributed by atoms with Gasteiger partial charge >= 0.3 is 0 Å². The molecule has 1 N–H and O–H groups in total. The van der Waals surface area contributed by atoms with E-state index in [1.807, 2.05) is 12.1 Å². The SMILES string of the molecule is N#Cc1nc2c(ccc3cc(OC4CCNCC4)ccc32)s1. The number of nitrogens with one attached hydrogen (secondary N) is 1. The van der Waals surface area contributed by atoms with Crippen LogP contribution in [0.1, 0.15) is 17.8 Å². The lowest BCUT2D eigenvalue weighted by Gasteiger charge is -2.24. The van der Waals surface area contributed by atoms with Crippen LogP contribution in [0.2, 0.25) is 0 Å². The molecule has 4 rings (SSSR count). The standard InChI is InChI=1S/C17H15N3OS/c18-10-16-20-17-14-3-2-13(21-12-5-7-19-8-6-12)9-11(14)1-4-15(17)22-16/h1-4,9,12,19H,5-8H2. The second-order valence-corrected chi connectivity index (χ2v) is 6.52. The Kier molecular flexibility index (Phi) is 3.41. The van der Waals surface area contributed by atoms with E-state index in [4.69, 9.17) is 10.00 Å². The van der Waals surface area contributed by atoms with E-state index in [1.165, 1.54) is 11.3 Å². The molecule has 0 saturated carbocycles. The maximum atomic E-state index is 9.01. The van der Waals surface area contributed by atoms with E-state index in [0.717, 1.165) is 52.7 Å². The first-order valence-corrected chi connectivity index (χ1v) is 8.26. The normalized spacial score (nSPS) is 16.0. The Hall–Kier alpha value is -2.16. The van der Waals surface area contributed by atoms with Crippen molar-refractivity contribution < 1.29 is 4.74 Å². The van der Waals surface area contributed by atoms with E-state index in [0.29, 0.717) is 11.1 Å². The number of fused-ring (bicyclic) bond motifs is 3. The van der Waals surface area contributed by atoms with Crippen LogP contribution in [-0.4, -0.2) is 24.2 Å². The summed E-state index contributed by atoms with van der Waals surface area (Å²) >= 11 is 1.43. The smallest absolute Gasteiger partial charge is 0.195 e. The highest BCUT2D eigenvalue weighted by Crippen LogP contribution is 2.31. The number of ether oxygens (including phenoxy) is 1. The van der Waals surface area contributed by atoms with Crippen LogP contribution in [0, 0.1) is 11.3 Å². The molecule has 0 unspecified atom stereocenters. The molecule has 1 aliphatic heterocycles. The third-order valence-corrected chi connectivity index (χ3v) is 4.96. The Morgan fingerprint density at radius 2 is 2.09 bits per heavy atom. The second-order valence-electron chi connectivity index (χ2n) is 5.49. The molecule has 2 heterocycles. The summed E-state index contributed by atoms with van der Waals surface area (Å²) in [5.41, 5.74) is 0.910. The number of nitriles is 1. The fourth-order valence-electron chi connectivity index (χ4n) is 2.92. The zero-order valence-electron chi connectivity index (χ0n) is 12.0. The van der Waals surface area contributed by atoms with Crippen molar-refractivity contribution in [1.29, 1.82) is 5.26 Å². The molecule has 22 heavy (non-hydrogen) atoms. The van der Waals surface area contributed by atoms with Gasteiger partial charge in [0.1, 0.15) is 17.9 Å². The van der Waals surface area contributed by atoms with Gasteiger partial charge in [0, 0.05) is 5.39 Å². The monoisotopic (exact) mass is 309 g/mol. The highest BCUT2D eigenvalue weighted by molar-refractivity contribution is 7.19. The van der Waals surface area contributed by atoms with Crippen molar-refractivity contribution in [3.63, 3.8) is 0 Å². The number of hydrogen-bond acceptors (Lipinski definition) is 5. The number of rotatable bonds is 2. The first-order valence-electron chi connectivity index (χ1n) is 7.44. The maximum absolute atomic E-state index is 9.01. The van der Waals surface area contributed by atoms with Gasteiger partial charge in [-0.2, -0.15) is 5.26 Å². The van der Waals surface area contributed by atoms with E-state index in [2.05, 4.69) is 34.6 Å². The Labute approximate surface area is 132 Å². The topological polar surface area (TPSA) is 57.9 Å². The van der Waals surface area contributed by atoms with Crippen molar-refractivity contribution in [2.24, 2.45) is 0 Å². The van der Waals surface area contributed by atoms with E-state index >= 15 is 0 Å². The number of piperidine rings is 1. The molecule has 1 aromatic heterocycles. The van der Waals surface area contributed by atoms with Gasteiger partial charge in [-0.25, -0.2) is 4.98 Å². The van der Waals surface area contributed by atoms with Crippen molar-refractivity contribution in [2.75, 3.05) is 13.1 Å². The van der Waals surface area contributed by atoms with Crippen molar-refractivity contribution >= 4 is 32.3 Å². The summed E-state index contributed by atoms with van der Waals surface area (Å²) < 4.78 is 7.14. The summed E-state index contributed by atoms with van der Waals surface area (Å²) in [6, 6.07) is 12.4. The van der Waals surface area contributed by atoms with Gasteiger partial charge in [-0.05, 0) is 55.6 Å². The van der Waals surface area contributed by atoms with Gasteiger partial charge in [-0.1, -0.05) is 6.07 Å². The van der Waals surface area contributed by atoms with Crippen LogP contribution in [-0.2, 0) is 0 Å². The fourth-order valence-corrected chi connectivity index (χ4v) is 3.70. The Balaban J connectivity index is 1.71. The van der Waals surface area contributed by atoms with Crippen LogP contribution in [0.4, 0.5) is 0 Å². The zero-order chi connectivity index (χ0) is 14.9. The molecule has 0 atom stereocenters. The number of benzene rings is 2. The van der Waals surface area contributed by atoms with Crippen LogP contribution in [0.5, 0.6) is 5.75 Å². The molecule has 2 aromatic carbocycles. The van der Waals surface area contributed by atoms with Crippen LogP contribution in [0.25, 0.3) is 21.0 Å². The zero-order valence-corrected chi connectivity index (χ0v) is 12.8. The van der Waals surface area contributed by atoms with Gasteiger partial charge in [0.25, 0.3) is 0 Å². The fraction of sp³-hybridized carbons (Fsp3) is 0.294. The number of thiazole rings is 1. The van der Waals surface area contributed by atoms with Gasteiger partial charge in [-0.3, -0.25) is 0 Å². The largest absolute Gasteiger partial charge is 0.490 e. The van der Waals surface area contributed by atoms with E-state index < -0.39 is 0 Å². The molecule has 110 valence electrons. The molecule has 5 heteroatoms. The second kappa shape index (κ2) is 5.56. The lowest BCUT2D eigenvalue weighted by molar-refractivity contribution is 0.162. The number of aromatic nitrogens is 1. The molecule has 4 nitrogen and oxygen atoms in total. The van der Waals surface area contributed by atoms with Crippen molar-refractivity contribution in [1.82, 2.24) is 10.3 Å². The molecular weight excluding hydrogens is 294 g/mol. The Morgan fingerprint density at radius 1 is 1.23 bits per heavy atom. The number of nitrogens with zero attached hydrogens (tertiary/aromatic N) is 2. The van der Waals surface area contributed by atoms with Crippen LogP contribution in [0.3, 0.4) is 0 Å². The van der Waals surface area contributed by atoms with Gasteiger partial charge in [0.2, 0.25) is 0 Å². The molecule has 1 saturated heterocycles. The van der Waals surface area contributed by atoms with E-state index in [1.54, 1.807) is 0 Å². The summed E-state index contributed by atoms with van der Waals surface area (Å²) in [6.45, 7) is 2.04. The lowest BCUT2D eigenvalue weighted by Crippen LogP contribution is -2.34. The summed E-state index contributed by atoms with van der Waals surface area (Å²) in [4.78, 5) is 4.41. The van der Waals surface area contributed by atoms with E-state index in [-0.39, 0.29) is 0 Å². The first-order chi connectivity index (χ1) is 10.8. The highest BCUT2D eigenvalue weighted by Gasteiger charge is 2.15. The summed E-state index contributed by atoms with van der Waals surface area (Å²) in [7, 11) is 0. The summed E-state index contributed by atoms with van der Waals surface area (Å²) in [6.07, 6.45) is 2.40. The van der Waals surface area contributed by atoms with Crippen molar-refractivity contribution in [2.45, 2.75) is 18.9 Å². The molecule has 1 fully saturated rings.